The van der Waals surface area contributed by atoms with Crippen LogP contribution < -0.4 is 22.1 Å². The average molecular weight is 431 g/mol. The third-order valence-corrected chi connectivity index (χ3v) is 5.05. The van der Waals surface area contributed by atoms with E-state index in [0.29, 0.717) is 0 Å². The molecule has 0 aliphatic carbocycles. The number of carboxylic acids is 1. The maximum Gasteiger partial charge on any atom is 0.326 e. The first kappa shape index (κ1) is 23.9. The summed E-state index contributed by atoms with van der Waals surface area (Å²) in [7, 11) is 0. The zero-order valence-electron chi connectivity index (χ0n) is 17.6. The molecule has 0 saturated carbocycles. The van der Waals surface area contributed by atoms with Gasteiger partial charge in [-0.25, -0.2) is 4.79 Å². The number of aliphatic carboxylic acids is 1. The van der Waals surface area contributed by atoms with Gasteiger partial charge >= 0.3 is 5.97 Å². The van der Waals surface area contributed by atoms with Crippen LogP contribution in [-0.4, -0.2) is 51.9 Å². The van der Waals surface area contributed by atoms with Gasteiger partial charge in [0.1, 0.15) is 12.1 Å². The smallest absolute Gasteiger partial charge is 0.326 e. The highest BCUT2D eigenvalue weighted by molar-refractivity contribution is 5.93. The number of benzene rings is 1. The molecule has 1 aromatic heterocycles. The molecule has 0 radical (unpaired) electrons. The Hall–Kier alpha value is -3.40. The Labute approximate surface area is 179 Å². The van der Waals surface area contributed by atoms with Gasteiger partial charge in [-0.2, -0.15) is 0 Å². The number of hydrogen-bond acceptors (Lipinski definition) is 5. The zero-order chi connectivity index (χ0) is 23.1. The van der Waals surface area contributed by atoms with E-state index in [-0.39, 0.29) is 25.2 Å². The highest BCUT2D eigenvalue weighted by Gasteiger charge is 2.29. The first-order valence-electron chi connectivity index (χ1n) is 10.0. The van der Waals surface area contributed by atoms with Crippen molar-refractivity contribution in [2.45, 2.75) is 51.2 Å². The molecule has 2 rings (SSSR count). The molecular formula is C21H29N5O5. The Morgan fingerprint density at radius 1 is 1.06 bits per heavy atom. The molecule has 8 N–H and O–H groups in total. The summed E-state index contributed by atoms with van der Waals surface area (Å²) in [5, 5.41) is 15.3. The quantitative estimate of drug-likeness (QED) is 0.291. The molecule has 0 aliphatic rings. The van der Waals surface area contributed by atoms with Crippen LogP contribution in [0.2, 0.25) is 0 Å². The standard InChI is InChI=1S/C21H29N5O5/c1-11(2)18(23)20(29)26-16(9-12-10-24-14-6-4-3-5-13(12)14)19(28)25-15(21(30)31)7-8-17(22)27/h3-6,10-11,15-16,18,24H,7-9,23H2,1-2H3,(H2,22,27)(H,25,28)(H,26,29)(H,30,31)/t15-,16-,18-/m0/s1. The average Bonchev–Trinajstić information content (AvgIpc) is 3.12. The predicted molar refractivity (Wildman–Crippen MR) is 115 cm³/mol. The Balaban J connectivity index is 2.25. The molecule has 0 saturated heterocycles. The minimum atomic E-state index is -1.32. The number of para-hydroxylation sites is 1. The van der Waals surface area contributed by atoms with Crippen LogP contribution in [0.1, 0.15) is 32.3 Å². The fraction of sp³-hybridized carbons (Fsp3) is 0.429. The van der Waals surface area contributed by atoms with Crippen molar-refractivity contribution in [3.63, 3.8) is 0 Å². The fourth-order valence-corrected chi connectivity index (χ4v) is 3.12. The number of fused-ring (bicyclic) bond motifs is 1. The van der Waals surface area contributed by atoms with Crippen molar-refractivity contribution >= 4 is 34.6 Å². The van der Waals surface area contributed by atoms with E-state index in [0.717, 1.165) is 16.5 Å². The van der Waals surface area contributed by atoms with E-state index in [1.54, 1.807) is 20.0 Å². The minimum Gasteiger partial charge on any atom is -0.480 e. The number of nitrogens with one attached hydrogen (secondary N) is 3. The van der Waals surface area contributed by atoms with Gasteiger partial charge in [-0.1, -0.05) is 32.0 Å². The molecular weight excluding hydrogens is 402 g/mol. The molecule has 0 aliphatic heterocycles. The summed E-state index contributed by atoms with van der Waals surface area (Å²) >= 11 is 0. The van der Waals surface area contributed by atoms with E-state index < -0.39 is 41.8 Å². The highest BCUT2D eigenvalue weighted by atomic mass is 16.4. The molecule has 31 heavy (non-hydrogen) atoms. The van der Waals surface area contributed by atoms with Crippen molar-refractivity contribution in [1.82, 2.24) is 15.6 Å². The van der Waals surface area contributed by atoms with Crippen molar-refractivity contribution < 1.29 is 24.3 Å². The Kier molecular flexibility index (Phi) is 8.14. The van der Waals surface area contributed by atoms with Crippen molar-refractivity contribution in [3.8, 4) is 0 Å². The summed E-state index contributed by atoms with van der Waals surface area (Å²) in [5.41, 5.74) is 12.6. The van der Waals surface area contributed by atoms with Crippen molar-refractivity contribution in [2.24, 2.45) is 17.4 Å². The molecule has 168 valence electrons. The number of aromatic nitrogens is 1. The fourth-order valence-electron chi connectivity index (χ4n) is 3.12. The normalized spacial score (nSPS) is 14.1. The third-order valence-electron chi connectivity index (χ3n) is 5.05. The van der Waals surface area contributed by atoms with Crippen LogP contribution in [0.5, 0.6) is 0 Å². The summed E-state index contributed by atoms with van der Waals surface area (Å²) in [6.07, 6.45) is 1.50. The Morgan fingerprint density at radius 3 is 2.32 bits per heavy atom. The second kappa shape index (κ2) is 10.6. The summed E-state index contributed by atoms with van der Waals surface area (Å²) in [5.74, 6) is -3.33. The monoisotopic (exact) mass is 431 g/mol. The summed E-state index contributed by atoms with van der Waals surface area (Å²) < 4.78 is 0. The number of primary amides is 1. The minimum absolute atomic E-state index is 0.120. The molecule has 1 heterocycles. The highest BCUT2D eigenvalue weighted by Crippen LogP contribution is 2.19. The number of carbonyl (C=O) groups excluding carboxylic acids is 3. The molecule has 10 nitrogen and oxygen atoms in total. The summed E-state index contributed by atoms with van der Waals surface area (Å²) in [6, 6.07) is 4.27. The molecule has 3 amide bonds. The van der Waals surface area contributed by atoms with E-state index in [9.17, 15) is 24.3 Å². The van der Waals surface area contributed by atoms with Gasteiger partial charge in [0.05, 0.1) is 6.04 Å². The number of hydrogen-bond donors (Lipinski definition) is 6. The van der Waals surface area contributed by atoms with Gasteiger partial charge in [0.25, 0.3) is 0 Å². The van der Waals surface area contributed by atoms with Gasteiger partial charge in [0, 0.05) is 29.9 Å². The lowest BCUT2D eigenvalue weighted by molar-refractivity contribution is -0.142. The number of carboxylic acid groups (broad SMARTS) is 1. The van der Waals surface area contributed by atoms with Crippen LogP contribution in [0.15, 0.2) is 30.5 Å². The second-order valence-electron chi connectivity index (χ2n) is 7.80. The van der Waals surface area contributed by atoms with Crippen LogP contribution in [-0.2, 0) is 25.6 Å². The van der Waals surface area contributed by atoms with Crippen molar-refractivity contribution in [2.75, 3.05) is 0 Å². The van der Waals surface area contributed by atoms with Crippen LogP contribution in [0.3, 0.4) is 0 Å². The summed E-state index contributed by atoms with van der Waals surface area (Å²) in [4.78, 5) is 51.1. The SMILES string of the molecule is CC(C)[C@H](N)C(=O)N[C@@H](Cc1c[nH]c2ccccc12)C(=O)N[C@@H](CCC(N)=O)C(=O)O. The van der Waals surface area contributed by atoms with Crippen LogP contribution >= 0.6 is 0 Å². The number of H-pyrrole nitrogens is 1. The molecule has 0 fully saturated rings. The number of amides is 3. The second-order valence-corrected chi connectivity index (χ2v) is 7.80. The van der Waals surface area contributed by atoms with Gasteiger partial charge < -0.3 is 32.2 Å². The number of aromatic amines is 1. The lowest BCUT2D eigenvalue weighted by atomic mass is 10.0. The van der Waals surface area contributed by atoms with Crippen molar-refractivity contribution in [3.05, 3.63) is 36.0 Å². The number of nitrogens with two attached hydrogens (primary N) is 2. The molecule has 1 aromatic carbocycles. The number of carbonyl (C=O) groups is 4. The van der Waals surface area contributed by atoms with E-state index in [4.69, 9.17) is 11.5 Å². The molecule has 0 spiro atoms. The van der Waals surface area contributed by atoms with Gasteiger partial charge in [0.2, 0.25) is 17.7 Å². The molecule has 0 unspecified atom stereocenters. The lowest BCUT2D eigenvalue weighted by Crippen LogP contribution is -2.56. The van der Waals surface area contributed by atoms with Gasteiger partial charge in [-0.05, 0) is 24.0 Å². The van der Waals surface area contributed by atoms with Gasteiger partial charge in [0.15, 0.2) is 0 Å². The topological polar surface area (TPSA) is 180 Å². The molecule has 3 atom stereocenters. The van der Waals surface area contributed by atoms with E-state index in [1.165, 1.54) is 0 Å². The first-order chi connectivity index (χ1) is 14.6. The van der Waals surface area contributed by atoms with E-state index in [1.807, 2.05) is 24.3 Å². The zero-order valence-corrected chi connectivity index (χ0v) is 17.6. The van der Waals surface area contributed by atoms with E-state index in [2.05, 4.69) is 15.6 Å². The van der Waals surface area contributed by atoms with Crippen LogP contribution in [0, 0.1) is 5.92 Å². The maximum atomic E-state index is 12.9. The lowest BCUT2D eigenvalue weighted by Gasteiger charge is -2.24. The summed E-state index contributed by atoms with van der Waals surface area (Å²) in [6.45, 7) is 3.56. The largest absolute Gasteiger partial charge is 0.480 e. The van der Waals surface area contributed by atoms with E-state index >= 15 is 0 Å². The van der Waals surface area contributed by atoms with Gasteiger partial charge in [-0.15, -0.1) is 0 Å². The third kappa shape index (κ3) is 6.54. The Morgan fingerprint density at radius 2 is 1.71 bits per heavy atom. The molecule has 2 aromatic rings. The molecule has 0 bridgehead atoms. The molecule has 10 heteroatoms. The number of rotatable bonds is 11. The van der Waals surface area contributed by atoms with Crippen LogP contribution in [0.4, 0.5) is 0 Å². The maximum absolute atomic E-state index is 12.9. The Bertz CT molecular complexity index is 955. The first-order valence-corrected chi connectivity index (χ1v) is 10.0. The predicted octanol–water partition coefficient (Wildman–Crippen LogP) is 0.0134. The van der Waals surface area contributed by atoms with Crippen molar-refractivity contribution in [1.29, 1.82) is 0 Å². The van der Waals surface area contributed by atoms with Gasteiger partial charge in [-0.3, -0.25) is 14.4 Å². The van der Waals surface area contributed by atoms with Crippen LogP contribution in [0.25, 0.3) is 10.9 Å².